The van der Waals surface area contributed by atoms with Crippen LogP contribution in [0.15, 0.2) is 40.9 Å². The molecule has 0 heterocycles. The number of hydrogen-bond donors (Lipinski definition) is 1. The van der Waals surface area contributed by atoms with E-state index in [2.05, 4.69) is 21.2 Å². The fourth-order valence-electron chi connectivity index (χ4n) is 1.77. The molecule has 7 heteroatoms. The van der Waals surface area contributed by atoms with E-state index in [1.54, 1.807) is 18.2 Å². The van der Waals surface area contributed by atoms with Crippen LogP contribution in [-0.4, -0.2) is 18.5 Å². The van der Waals surface area contributed by atoms with Crippen molar-refractivity contribution in [1.82, 2.24) is 0 Å². The molecule has 2 rings (SSSR count). The van der Waals surface area contributed by atoms with Gasteiger partial charge in [0.15, 0.2) is 6.61 Å². The highest BCUT2D eigenvalue weighted by Gasteiger charge is 2.14. The summed E-state index contributed by atoms with van der Waals surface area (Å²) in [5.41, 5.74) is 1.52. The Morgan fingerprint density at radius 2 is 2.00 bits per heavy atom. The van der Waals surface area contributed by atoms with Crippen LogP contribution >= 0.6 is 27.5 Å². The molecule has 0 radical (unpaired) electrons. The highest BCUT2D eigenvalue weighted by Crippen LogP contribution is 2.23. The third-order valence-electron chi connectivity index (χ3n) is 2.88. The van der Waals surface area contributed by atoms with Crippen LogP contribution in [0.25, 0.3) is 0 Å². The van der Waals surface area contributed by atoms with Gasteiger partial charge in [0, 0.05) is 4.47 Å². The molecule has 23 heavy (non-hydrogen) atoms. The standard InChI is InChI=1S/C16H12BrClFNO3/c1-9-2-5-14(13(18)6-9)20-15(21)8-23-16(22)11-4-3-10(19)7-12(11)17/h2-7H,8H2,1H3,(H,20,21). The van der Waals surface area contributed by atoms with Crippen molar-refractivity contribution >= 4 is 45.1 Å². The van der Waals surface area contributed by atoms with E-state index in [4.69, 9.17) is 16.3 Å². The van der Waals surface area contributed by atoms with Crippen molar-refractivity contribution in [2.45, 2.75) is 6.92 Å². The predicted molar refractivity (Wildman–Crippen MR) is 89.2 cm³/mol. The van der Waals surface area contributed by atoms with Gasteiger partial charge in [-0.25, -0.2) is 9.18 Å². The molecular weight excluding hydrogens is 389 g/mol. The first-order valence-electron chi connectivity index (χ1n) is 6.55. The number of anilines is 1. The van der Waals surface area contributed by atoms with Gasteiger partial charge in [0.2, 0.25) is 0 Å². The molecule has 0 atom stereocenters. The lowest BCUT2D eigenvalue weighted by molar-refractivity contribution is -0.119. The maximum Gasteiger partial charge on any atom is 0.339 e. The number of aryl methyl sites for hydroxylation is 1. The van der Waals surface area contributed by atoms with Gasteiger partial charge in [-0.15, -0.1) is 0 Å². The summed E-state index contributed by atoms with van der Waals surface area (Å²) >= 11 is 9.07. The van der Waals surface area contributed by atoms with Crippen molar-refractivity contribution in [2.24, 2.45) is 0 Å². The zero-order valence-corrected chi connectivity index (χ0v) is 14.4. The summed E-state index contributed by atoms with van der Waals surface area (Å²) in [6.07, 6.45) is 0. The van der Waals surface area contributed by atoms with Crippen LogP contribution in [0.1, 0.15) is 15.9 Å². The minimum absolute atomic E-state index is 0.132. The highest BCUT2D eigenvalue weighted by molar-refractivity contribution is 9.10. The zero-order valence-electron chi connectivity index (χ0n) is 12.0. The van der Waals surface area contributed by atoms with Crippen LogP contribution < -0.4 is 5.32 Å². The van der Waals surface area contributed by atoms with E-state index in [9.17, 15) is 14.0 Å². The summed E-state index contributed by atoms with van der Waals surface area (Å²) in [6, 6.07) is 8.71. The molecule has 1 N–H and O–H groups in total. The highest BCUT2D eigenvalue weighted by atomic mass is 79.9. The lowest BCUT2D eigenvalue weighted by Crippen LogP contribution is -2.21. The number of amides is 1. The average molecular weight is 401 g/mol. The van der Waals surface area contributed by atoms with Crippen molar-refractivity contribution < 1.29 is 18.7 Å². The first-order valence-corrected chi connectivity index (χ1v) is 7.72. The Bertz CT molecular complexity index is 767. The van der Waals surface area contributed by atoms with Gasteiger partial charge in [-0.2, -0.15) is 0 Å². The van der Waals surface area contributed by atoms with E-state index in [-0.39, 0.29) is 10.0 Å². The Balaban J connectivity index is 1.94. The molecule has 2 aromatic rings. The first kappa shape index (κ1) is 17.4. The topological polar surface area (TPSA) is 55.4 Å². The van der Waals surface area contributed by atoms with Crippen molar-refractivity contribution in [3.05, 3.63) is 62.8 Å². The Labute approximate surface area is 145 Å². The lowest BCUT2D eigenvalue weighted by Gasteiger charge is -2.09. The third kappa shape index (κ3) is 4.77. The molecule has 4 nitrogen and oxygen atoms in total. The molecule has 2 aromatic carbocycles. The summed E-state index contributed by atoms with van der Waals surface area (Å²) in [4.78, 5) is 23.7. The number of esters is 1. The molecule has 0 saturated carbocycles. The number of carbonyl (C=O) groups excluding carboxylic acids is 2. The van der Waals surface area contributed by atoms with Crippen LogP contribution in [-0.2, 0) is 9.53 Å². The second kappa shape index (κ2) is 7.57. The summed E-state index contributed by atoms with van der Waals surface area (Å²) < 4.78 is 18.1. The monoisotopic (exact) mass is 399 g/mol. The SMILES string of the molecule is Cc1ccc(NC(=O)COC(=O)c2ccc(F)cc2Br)c(Cl)c1. The first-order chi connectivity index (χ1) is 10.9. The van der Waals surface area contributed by atoms with E-state index in [0.29, 0.717) is 10.7 Å². The summed E-state index contributed by atoms with van der Waals surface area (Å²) in [5, 5.41) is 2.94. The van der Waals surface area contributed by atoms with Gasteiger partial charge >= 0.3 is 5.97 Å². The van der Waals surface area contributed by atoms with Gasteiger partial charge in [0.1, 0.15) is 5.82 Å². The molecule has 0 aliphatic carbocycles. The summed E-state index contributed by atoms with van der Waals surface area (Å²) in [5.74, 6) is -1.75. The quantitative estimate of drug-likeness (QED) is 0.777. The second-order valence-electron chi connectivity index (χ2n) is 4.73. The van der Waals surface area contributed by atoms with Crippen LogP contribution in [0.3, 0.4) is 0 Å². The molecule has 120 valence electrons. The van der Waals surface area contributed by atoms with E-state index in [1.165, 1.54) is 6.07 Å². The molecule has 0 aromatic heterocycles. The molecular formula is C16H12BrClFNO3. The molecule has 0 fully saturated rings. The van der Waals surface area contributed by atoms with Crippen LogP contribution in [0, 0.1) is 12.7 Å². The maximum absolute atomic E-state index is 13.0. The normalized spacial score (nSPS) is 10.3. The third-order valence-corrected chi connectivity index (χ3v) is 3.85. The molecule has 0 unspecified atom stereocenters. The number of benzene rings is 2. The van der Waals surface area contributed by atoms with Gasteiger partial charge in [-0.05, 0) is 58.7 Å². The molecule has 1 amide bonds. The van der Waals surface area contributed by atoms with E-state index in [1.807, 2.05) is 6.92 Å². The van der Waals surface area contributed by atoms with E-state index in [0.717, 1.165) is 17.7 Å². The number of nitrogens with one attached hydrogen (secondary N) is 1. The second-order valence-corrected chi connectivity index (χ2v) is 5.99. The van der Waals surface area contributed by atoms with Crippen molar-refractivity contribution in [2.75, 3.05) is 11.9 Å². The minimum Gasteiger partial charge on any atom is -0.452 e. The number of hydrogen-bond acceptors (Lipinski definition) is 3. The fraction of sp³-hybridized carbons (Fsp3) is 0.125. The van der Waals surface area contributed by atoms with Crippen LogP contribution in [0.2, 0.25) is 5.02 Å². The summed E-state index contributed by atoms with van der Waals surface area (Å²) in [6.45, 7) is 1.40. The predicted octanol–water partition coefficient (Wildman–Crippen LogP) is 4.35. The van der Waals surface area contributed by atoms with Crippen molar-refractivity contribution in [3.8, 4) is 0 Å². The number of halogens is 3. The van der Waals surface area contributed by atoms with Gasteiger partial charge in [0.05, 0.1) is 16.3 Å². The zero-order chi connectivity index (χ0) is 17.0. The molecule has 0 spiro atoms. The van der Waals surface area contributed by atoms with Gasteiger partial charge < -0.3 is 10.1 Å². The van der Waals surface area contributed by atoms with Gasteiger partial charge in [0.25, 0.3) is 5.91 Å². The Morgan fingerprint density at radius 1 is 1.26 bits per heavy atom. The van der Waals surface area contributed by atoms with Crippen molar-refractivity contribution in [3.63, 3.8) is 0 Å². The Kier molecular flexibility index (Phi) is 5.74. The van der Waals surface area contributed by atoms with Gasteiger partial charge in [-0.1, -0.05) is 17.7 Å². The average Bonchev–Trinajstić information content (AvgIpc) is 2.48. The number of carbonyl (C=O) groups is 2. The van der Waals surface area contributed by atoms with Crippen LogP contribution in [0.5, 0.6) is 0 Å². The maximum atomic E-state index is 13.0. The van der Waals surface area contributed by atoms with Crippen LogP contribution in [0.4, 0.5) is 10.1 Å². The Morgan fingerprint density at radius 3 is 2.65 bits per heavy atom. The fourth-order valence-corrected chi connectivity index (χ4v) is 2.57. The molecule has 0 aliphatic rings. The van der Waals surface area contributed by atoms with E-state index < -0.39 is 24.3 Å². The minimum atomic E-state index is -0.734. The summed E-state index contributed by atoms with van der Waals surface area (Å²) in [7, 11) is 0. The van der Waals surface area contributed by atoms with Crippen molar-refractivity contribution in [1.29, 1.82) is 0 Å². The number of rotatable bonds is 4. The lowest BCUT2D eigenvalue weighted by atomic mass is 10.2. The smallest absolute Gasteiger partial charge is 0.339 e. The molecule has 0 aliphatic heterocycles. The molecule has 0 bridgehead atoms. The molecule has 0 saturated heterocycles. The van der Waals surface area contributed by atoms with Gasteiger partial charge in [-0.3, -0.25) is 4.79 Å². The number of ether oxygens (including phenoxy) is 1. The largest absolute Gasteiger partial charge is 0.452 e. The van der Waals surface area contributed by atoms with E-state index >= 15 is 0 Å². The Hall–Kier alpha value is -1.92.